The number of carbonyl (C=O) groups is 2. The van der Waals surface area contributed by atoms with Crippen molar-refractivity contribution in [2.75, 3.05) is 6.61 Å². The number of aryl methyl sites for hydroxylation is 1. The highest BCUT2D eigenvalue weighted by Crippen LogP contribution is 2.13. The SMILES string of the molecule is CCCCCCCCCCCCCCCOC(=O)C(NC(=O)c1ccc(CC)cc1)C(C)C. The first-order valence-electron chi connectivity index (χ1n) is 13.6. The highest BCUT2D eigenvalue weighted by Gasteiger charge is 2.26. The van der Waals surface area contributed by atoms with E-state index < -0.39 is 6.04 Å². The van der Waals surface area contributed by atoms with Crippen LogP contribution >= 0.6 is 0 Å². The second kappa shape index (κ2) is 18.6. The third kappa shape index (κ3) is 13.5. The lowest BCUT2D eigenvalue weighted by molar-refractivity contribution is -0.147. The molecular weight excluding hydrogens is 410 g/mol. The number of benzene rings is 1. The average Bonchev–Trinajstić information content (AvgIpc) is 2.82. The molecule has 0 heterocycles. The molecule has 1 rings (SSSR count). The van der Waals surface area contributed by atoms with Gasteiger partial charge in [0.25, 0.3) is 5.91 Å². The molecule has 0 spiro atoms. The molecule has 0 radical (unpaired) electrons. The highest BCUT2D eigenvalue weighted by molar-refractivity contribution is 5.96. The summed E-state index contributed by atoms with van der Waals surface area (Å²) >= 11 is 0. The smallest absolute Gasteiger partial charge is 0.328 e. The minimum absolute atomic E-state index is 0.0250. The Morgan fingerprint density at radius 3 is 1.70 bits per heavy atom. The molecule has 0 aliphatic heterocycles. The zero-order valence-electron chi connectivity index (χ0n) is 21.8. The first kappa shape index (κ1) is 29.2. The standard InChI is InChI=1S/C29H49NO3/c1-5-7-8-9-10-11-12-13-14-15-16-17-18-23-33-29(32)27(24(3)4)30-28(31)26-21-19-25(6-2)20-22-26/h19-22,24,27H,5-18,23H2,1-4H3,(H,30,31). The first-order valence-corrected chi connectivity index (χ1v) is 13.6. The summed E-state index contributed by atoms with van der Waals surface area (Å²) in [6.07, 6.45) is 17.7. The molecule has 1 amide bonds. The summed E-state index contributed by atoms with van der Waals surface area (Å²) in [7, 11) is 0. The monoisotopic (exact) mass is 459 g/mol. The molecule has 0 bridgehead atoms. The van der Waals surface area contributed by atoms with Crippen LogP contribution in [0.25, 0.3) is 0 Å². The van der Waals surface area contributed by atoms with Crippen LogP contribution in [-0.4, -0.2) is 24.5 Å². The molecule has 188 valence electrons. The van der Waals surface area contributed by atoms with Crippen LogP contribution < -0.4 is 5.32 Å². The topological polar surface area (TPSA) is 55.4 Å². The highest BCUT2D eigenvalue weighted by atomic mass is 16.5. The molecule has 0 aromatic heterocycles. The van der Waals surface area contributed by atoms with Crippen molar-refractivity contribution in [1.82, 2.24) is 5.32 Å². The summed E-state index contributed by atoms with van der Waals surface area (Å²) in [5.41, 5.74) is 1.76. The fourth-order valence-electron chi connectivity index (χ4n) is 4.00. The van der Waals surface area contributed by atoms with Crippen LogP contribution in [0.1, 0.15) is 127 Å². The average molecular weight is 460 g/mol. The minimum atomic E-state index is -0.620. The Bertz CT molecular complexity index is 639. The van der Waals surface area contributed by atoms with E-state index in [0.717, 1.165) is 19.3 Å². The normalized spacial score (nSPS) is 12.0. The van der Waals surface area contributed by atoms with Crippen LogP contribution in [-0.2, 0) is 16.0 Å². The van der Waals surface area contributed by atoms with Crippen LogP contribution in [0.15, 0.2) is 24.3 Å². The van der Waals surface area contributed by atoms with E-state index in [1.54, 1.807) is 0 Å². The number of hydrogen-bond acceptors (Lipinski definition) is 3. The fraction of sp³-hybridized carbons (Fsp3) is 0.724. The van der Waals surface area contributed by atoms with Gasteiger partial charge in [-0.3, -0.25) is 4.79 Å². The summed E-state index contributed by atoms with van der Waals surface area (Å²) in [5, 5.41) is 2.86. The minimum Gasteiger partial charge on any atom is -0.464 e. The molecule has 0 aliphatic carbocycles. The maximum absolute atomic E-state index is 12.5. The number of hydrogen-bond donors (Lipinski definition) is 1. The third-order valence-electron chi connectivity index (χ3n) is 6.32. The van der Waals surface area contributed by atoms with Crippen molar-refractivity contribution in [3.05, 3.63) is 35.4 Å². The van der Waals surface area contributed by atoms with E-state index in [0.29, 0.717) is 12.2 Å². The fourth-order valence-corrected chi connectivity index (χ4v) is 4.00. The number of amides is 1. The van der Waals surface area contributed by atoms with E-state index >= 15 is 0 Å². The van der Waals surface area contributed by atoms with Crippen molar-refractivity contribution in [3.8, 4) is 0 Å². The zero-order valence-corrected chi connectivity index (χ0v) is 21.8. The third-order valence-corrected chi connectivity index (χ3v) is 6.32. The largest absolute Gasteiger partial charge is 0.464 e. The van der Waals surface area contributed by atoms with E-state index in [1.807, 2.05) is 38.1 Å². The van der Waals surface area contributed by atoms with Gasteiger partial charge in [0.05, 0.1) is 6.61 Å². The molecule has 1 N–H and O–H groups in total. The van der Waals surface area contributed by atoms with E-state index in [9.17, 15) is 9.59 Å². The molecule has 1 unspecified atom stereocenters. The molecule has 4 nitrogen and oxygen atoms in total. The van der Waals surface area contributed by atoms with Gasteiger partial charge in [-0.15, -0.1) is 0 Å². The lowest BCUT2D eigenvalue weighted by Gasteiger charge is -2.21. The van der Waals surface area contributed by atoms with E-state index in [2.05, 4.69) is 19.2 Å². The first-order chi connectivity index (χ1) is 16.0. The van der Waals surface area contributed by atoms with Gasteiger partial charge >= 0.3 is 5.97 Å². The molecule has 0 saturated heterocycles. The van der Waals surface area contributed by atoms with Crippen LogP contribution in [0.5, 0.6) is 0 Å². The van der Waals surface area contributed by atoms with Gasteiger partial charge in [0.2, 0.25) is 0 Å². The van der Waals surface area contributed by atoms with Gasteiger partial charge in [-0.2, -0.15) is 0 Å². The Balaban J connectivity index is 2.14. The summed E-state index contributed by atoms with van der Waals surface area (Å²) in [6, 6.07) is 6.90. The van der Waals surface area contributed by atoms with E-state index in [4.69, 9.17) is 4.74 Å². The second-order valence-electron chi connectivity index (χ2n) is 9.66. The number of rotatable bonds is 19. The van der Waals surface area contributed by atoms with Crippen molar-refractivity contribution >= 4 is 11.9 Å². The molecule has 0 aliphatic rings. The molecule has 1 aromatic carbocycles. The van der Waals surface area contributed by atoms with Crippen LogP contribution in [0.3, 0.4) is 0 Å². The molecule has 1 atom stereocenters. The van der Waals surface area contributed by atoms with Gasteiger partial charge in [-0.1, -0.05) is 117 Å². The van der Waals surface area contributed by atoms with Crippen molar-refractivity contribution < 1.29 is 14.3 Å². The maximum atomic E-state index is 12.5. The van der Waals surface area contributed by atoms with E-state index in [1.165, 1.54) is 76.2 Å². The molecule has 0 fully saturated rings. The predicted molar refractivity (Wildman–Crippen MR) is 139 cm³/mol. The zero-order chi connectivity index (χ0) is 24.3. The summed E-state index contributed by atoms with van der Waals surface area (Å²) in [5.74, 6) is -0.584. The van der Waals surface area contributed by atoms with Crippen LogP contribution in [0, 0.1) is 5.92 Å². The van der Waals surface area contributed by atoms with Gasteiger partial charge in [0.1, 0.15) is 6.04 Å². The van der Waals surface area contributed by atoms with E-state index in [-0.39, 0.29) is 17.8 Å². The van der Waals surface area contributed by atoms with Crippen molar-refractivity contribution in [2.45, 2.75) is 124 Å². The molecule has 33 heavy (non-hydrogen) atoms. The van der Waals surface area contributed by atoms with Crippen molar-refractivity contribution in [1.29, 1.82) is 0 Å². The number of unbranched alkanes of at least 4 members (excludes halogenated alkanes) is 12. The molecule has 1 aromatic rings. The Morgan fingerprint density at radius 1 is 0.758 bits per heavy atom. The number of ether oxygens (including phenoxy) is 1. The number of esters is 1. The summed E-state index contributed by atoms with van der Waals surface area (Å²) in [6.45, 7) is 8.63. The lowest BCUT2D eigenvalue weighted by atomic mass is 10.0. The van der Waals surface area contributed by atoms with Crippen molar-refractivity contribution in [2.24, 2.45) is 5.92 Å². The van der Waals surface area contributed by atoms with Gasteiger partial charge in [0, 0.05) is 5.56 Å². The Hall–Kier alpha value is -1.84. The van der Waals surface area contributed by atoms with Crippen LogP contribution in [0.4, 0.5) is 0 Å². The lowest BCUT2D eigenvalue weighted by Crippen LogP contribution is -2.45. The van der Waals surface area contributed by atoms with Crippen molar-refractivity contribution in [3.63, 3.8) is 0 Å². The predicted octanol–water partition coefficient (Wildman–Crippen LogP) is 7.64. The molecule has 4 heteroatoms. The quantitative estimate of drug-likeness (QED) is 0.171. The van der Waals surface area contributed by atoms with Crippen LogP contribution in [0.2, 0.25) is 0 Å². The number of nitrogens with one attached hydrogen (secondary N) is 1. The Kier molecular flexibility index (Phi) is 16.4. The summed E-state index contributed by atoms with van der Waals surface area (Å²) in [4.78, 5) is 25.1. The second-order valence-corrected chi connectivity index (χ2v) is 9.66. The Morgan fingerprint density at radius 2 is 1.24 bits per heavy atom. The van der Waals surface area contributed by atoms with Gasteiger partial charge in [0.15, 0.2) is 0 Å². The maximum Gasteiger partial charge on any atom is 0.328 e. The van der Waals surface area contributed by atoms with Gasteiger partial charge in [-0.05, 0) is 36.5 Å². The van der Waals surface area contributed by atoms with Gasteiger partial charge < -0.3 is 10.1 Å². The van der Waals surface area contributed by atoms with Gasteiger partial charge in [-0.25, -0.2) is 4.79 Å². The summed E-state index contributed by atoms with van der Waals surface area (Å²) < 4.78 is 5.49. The Labute approximate surface area is 203 Å². The molecular formula is C29H49NO3. The number of carbonyl (C=O) groups excluding carboxylic acids is 2. The molecule has 0 saturated carbocycles.